The molecule has 5 heteroatoms. The highest BCUT2D eigenvalue weighted by molar-refractivity contribution is 6.29. The van der Waals surface area contributed by atoms with E-state index < -0.39 is 0 Å². The maximum atomic E-state index is 11.6. The molecule has 4 nitrogen and oxygen atoms in total. The Morgan fingerprint density at radius 1 is 1.24 bits per heavy atom. The molecule has 1 aromatic rings. The number of hydrogen-bond donors (Lipinski definition) is 1. The molecule has 0 fully saturated rings. The highest BCUT2D eigenvalue weighted by Crippen LogP contribution is 2.03. The van der Waals surface area contributed by atoms with Crippen LogP contribution in [0.25, 0.3) is 0 Å². The van der Waals surface area contributed by atoms with Crippen molar-refractivity contribution >= 4 is 17.5 Å². The van der Waals surface area contributed by atoms with Crippen molar-refractivity contribution in [2.45, 2.75) is 39.0 Å². The average molecular weight is 256 g/mol. The molecule has 94 valence electrons. The summed E-state index contributed by atoms with van der Waals surface area (Å²) in [6.07, 6.45) is 5.88. The molecule has 0 aliphatic rings. The summed E-state index contributed by atoms with van der Waals surface area (Å²) in [4.78, 5) is 11.6. The number of carbonyl (C=O) groups is 1. The van der Waals surface area contributed by atoms with Crippen molar-refractivity contribution < 1.29 is 4.79 Å². The Morgan fingerprint density at radius 3 is 2.65 bits per heavy atom. The molecular weight excluding hydrogens is 238 g/mol. The second-order valence-corrected chi connectivity index (χ2v) is 4.30. The Bertz CT molecular complexity index is 340. The standard InChI is InChI=1S/C12H18ClN3O/c1-2-3-4-5-6-9-14-12(17)10-7-8-11(13)16-15-10/h7-8H,2-6,9H2,1H3,(H,14,17). The van der Waals surface area contributed by atoms with Crippen LogP contribution in [0, 0.1) is 0 Å². The first-order valence-electron chi connectivity index (χ1n) is 6.01. The van der Waals surface area contributed by atoms with E-state index in [1.54, 1.807) is 12.1 Å². The van der Waals surface area contributed by atoms with Crippen LogP contribution in [0.2, 0.25) is 5.15 Å². The van der Waals surface area contributed by atoms with Crippen molar-refractivity contribution in [3.63, 3.8) is 0 Å². The number of unbranched alkanes of at least 4 members (excludes halogenated alkanes) is 4. The van der Waals surface area contributed by atoms with Gasteiger partial charge in [-0.2, -0.15) is 0 Å². The van der Waals surface area contributed by atoms with Crippen LogP contribution in [0.4, 0.5) is 0 Å². The van der Waals surface area contributed by atoms with Crippen LogP contribution in [0.5, 0.6) is 0 Å². The molecule has 1 aromatic heterocycles. The fourth-order valence-electron chi connectivity index (χ4n) is 1.46. The molecular formula is C12H18ClN3O. The van der Waals surface area contributed by atoms with Crippen molar-refractivity contribution in [3.05, 3.63) is 23.0 Å². The minimum absolute atomic E-state index is 0.190. The summed E-state index contributed by atoms with van der Waals surface area (Å²) < 4.78 is 0. The average Bonchev–Trinajstić information content (AvgIpc) is 2.34. The van der Waals surface area contributed by atoms with Crippen LogP contribution in [0.3, 0.4) is 0 Å². The van der Waals surface area contributed by atoms with Crippen molar-refractivity contribution in [1.82, 2.24) is 15.5 Å². The lowest BCUT2D eigenvalue weighted by atomic mass is 10.1. The number of amides is 1. The lowest BCUT2D eigenvalue weighted by Crippen LogP contribution is -2.25. The molecule has 0 saturated carbocycles. The molecule has 1 amide bonds. The predicted molar refractivity (Wildman–Crippen MR) is 68.1 cm³/mol. The molecule has 0 aliphatic heterocycles. The zero-order valence-electron chi connectivity index (χ0n) is 10.1. The molecule has 1 heterocycles. The Balaban J connectivity index is 2.19. The number of nitrogens with one attached hydrogen (secondary N) is 1. The van der Waals surface area contributed by atoms with Crippen LogP contribution in [0.1, 0.15) is 49.5 Å². The quantitative estimate of drug-likeness (QED) is 0.763. The molecule has 0 aliphatic carbocycles. The van der Waals surface area contributed by atoms with Crippen LogP contribution in [-0.2, 0) is 0 Å². The summed E-state index contributed by atoms with van der Waals surface area (Å²) in [6, 6.07) is 3.13. The Morgan fingerprint density at radius 2 is 2.00 bits per heavy atom. The van der Waals surface area contributed by atoms with Gasteiger partial charge in [-0.3, -0.25) is 4.79 Å². The van der Waals surface area contributed by atoms with E-state index in [-0.39, 0.29) is 5.91 Å². The number of aromatic nitrogens is 2. The summed E-state index contributed by atoms with van der Waals surface area (Å²) >= 11 is 5.59. The van der Waals surface area contributed by atoms with Crippen LogP contribution >= 0.6 is 11.6 Å². The van der Waals surface area contributed by atoms with E-state index in [9.17, 15) is 4.79 Å². The highest BCUT2D eigenvalue weighted by Gasteiger charge is 2.06. The summed E-state index contributed by atoms with van der Waals surface area (Å²) in [5, 5.41) is 10.4. The number of hydrogen-bond acceptors (Lipinski definition) is 3. The first-order chi connectivity index (χ1) is 8.24. The number of halogens is 1. The maximum absolute atomic E-state index is 11.6. The van der Waals surface area contributed by atoms with Gasteiger partial charge in [0.15, 0.2) is 10.8 Å². The van der Waals surface area contributed by atoms with E-state index >= 15 is 0 Å². The largest absolute Gasteiger partial charge is 0.351 e. The highest BCUT2D eigenvalue weighted by atomic mass is 35.5. The van der Waals surface area contributed by atoms with E-state index in [1.807, 2.05) is 0 Å². The molecule has 1 N–H and O–H groups in total. The monoisotopic (exact) mass is 255 g/mol. The molecule has 0 spiro atoms. The van der Waals surface area contributed by atoms with Crippen molar-refractivity contribution in [1.29, 1.82) is 0 Å². The van der Waals surface area contributed by atoms with Gasteiger partial charge in [0.1, 0.15) is 0 Å². The third-order valence-electron chi connectivity index (χ3n) is 2.43. The maximum Gasteiger partial charge on any atom is 0.271 e. The van der Waals surface area contributed by atoms with Gasteiger partial charge in [0.05, 0.1) is 0 Å². The molecule has 0 aromatic carbocycles. The Hall–Kier alpha value is -1.16. The Labute approximate surface area is 107 Å². The third-order valence-corrected chi connectivity index (χ3v) is 2.63. The minimum atomic E-state index is -0.190. The normalized spacial score (nSPS) is 10.2. The third kappa shape index (κ3) is 5.63. The molecule has 0 radical (unpaired) electrons. The first kappa shape index (κ1) is 13.9. The van der Waals surface area contributed by atoms with E-state index in [0.29, 0.717) is 17.4 Å². The molecule has 0 bridgehead atoms. The van der Waals surface area contributed by atoms with E-state index in [4.69, 9.17) is 11.6 Å². The number of rotatable bonds is 7. The van der Waals surface area contributed by atoms with Crippen molar-refractivity contribution in [2.75, 3.05) is 6.54 Å². The predicted octanol–water partition coefficient (Wildman–Crippen LogP) is 2.83. The Kier molecular flexibility index (Phi) is 6.55. The molecule has 17 heavy (non-hydrogen) atoms. The zero-order valence-corrected chi connectivity index (χ0v) is 10.8. The zero-order chi connectivity index (χ0) is 12.5. The topological polar surface area (TPSA) is 54.9 Å². The van der Waals surface area contributed by atoms with Crippen LogP contribution in [-0.4, -0.2) is 22.6 Å². The number of nitrogens with zero attached hydrogens (tertiary/aromatic N) is 2. The van der Waals surface area contributed by atoms with Gasteiger partial charge >= 0.3 is 0 Å². The van der Waals surface area contributed by atoms with Crippen molar-refractivity contribution in [3.8, 4) is 0 Å². The molecule has 1 rings (SSSR count). The lowest BCUT2D eigenvalue weighted by molar-refractivity contribution is 0.0947. The first-order valence-corrected chi connectivity index (χ1v) is 6.39. The summed E-state index contributed by atoms with van der Waals surface area (Å²) in [5.41, 5.74) is 0.308. The summed E-state index contributed by atoms with van der Waals surface area (Å²) in [6.45, 7) is 2.87. The van der Waals surface area contributed by atoms with Gasteiger partial charge in [0, 0.05) is 6.54 Å². The molecule has 0 saturated heterocycles. The van der Waals surface area contributed by atoms with E-state index in [1.165, 1.54) is 19.3 Å². The van der Waals surface area contributed by atoms with E-state index in [0.717, 1.165) is 12.8 Å². The van der Waals surface area contributed by atoms with Gasteiger partial charge in [-0.25, -0.2) is 0 Å². The summed E-state index contributed by atoms with van der Waals surface area (Å²) in [7, 11) is 0. The second-order valence-electron chi connectivity index (χ2n) is 3.91. The van der Waals surface area contributed by atoms with Gasteiger partial charge in [0.2, 0.25) is 0 Å². The summed E-state index contributed by atoms with van der Waals surface area (Å²) in [5.74, 6) is -0.190. The van der Waals surface area contributed by atoms with Gasteiger partial charge in [-0.15, -0.1) is 10.2 Å². The minimum Gasteiger partial charge on any atom is -0.351 e. The molecule has 0 unspecified atom stereocenters. The SMILES string of the molecule is CCCCCCCNC(=O)c1ccc(Cl)nn1. The van der Waals surface area contributed by atoms with Gasteiger partial charge < -0.3 is 5.32 Å². The van der Waals surface area contributed by atoms with Gasteiger partial charge in [-0.1, -0.05) is 44.2 Å². The van der Waals surface area contributed by atoms with Crippen molar-refractivity contribution in [2.24, 2.45) is 0 Å². The smallest absolute Gasteiger partial charge is 0.271 e. The van der Waals surface area contributed by atoms with Crippen LogP contribution < -0.4 is 5.32 Å². The number of carbonyl (C=O) groups excluding carboxylic acids is 1. The van der Waals surface area contributed by atoms with Crippen LogP contribution in [0.15, 0.2) is 12.1 Å². The lowest BCUT2D eigenvalue weighted by Gasteiger charge is -2.03. The fraction of sp³-hybridized carbons (Fsp3) is 0.583. The van der Waals surface area contributed by atoms with E-state index in [2.05, 4.69) is 22.4 Å². The van der Waals surface area contributed by atoms with Gasteiger partial charge in [-0.05, 0) is 18.6 Å². The molecule has 0 atom stereocenters. The van der Waals surface area contributed by atoms with Gasteiger partial charge in [0.25, 0.3) is 5.91 Å². The second kappa shape index (κ2) is 8.01. The fourth-order valence-corrected chi connectivity index (χ4v) is 1.56.